The van der Waals surface area contributed by atoms with E-state index >= 15 is 0 Å². The minimum atomic E-state index is 0.148. The zero-order valence-corrected chi connectivity index (χ0v) is 14.2. The number of rotatable bonds is 3. The molecule has 0 aliphatic carbocycles. The largest absolute Gasteiger partial charge is 0.344 e. The van der Waals surface area contributed by atoms with Crippen LogP contribution in [0.3, 0.4) is 0 Å². The molecule has 1 aliphatic rings. The maximum Gasteiger partial charge on any atom is 0.243 e. The second-order valence-electron chi connectivity index (χ2n) is 5.87. The highest BCUT2D eigenvalue weighted by Crippen LogP contribution is 2.26. The summed E-state index contributed by atoms with van der Waals surface area (Å²) in [6.07, 6.45) is 1.96. The van der Waals surface area contributed by atoms with Gasteiger partial charge in [0.05, 0.1) is 17.9 Å². The molecular formula is C14H19N7OS. The molecule has 1 fully saturated rings. The molecule has 3 aromatic rings. The molecule has 1 saturated heterocycles. The SMILES string of the molecule is Cc1cn2nc(N3CCN(C(C)c4nc(C)no4)CC3)sc2n1. The Kier molecular flexibility index (Phi) is 3.53. The van der Waals surface area contributed by atoms with Crippen molar-refractivity contribution in [3.63, 3.8) is 0 Å². The summed E-state index contributed by atoms with van der Waals surface area (Å²) >= 11 is 1.64. The normalized spacial score (nSPS) is 18.0. The van der Waals surface area contributed by atoms with Crippen LogP contribution in [0.5, 0.6) is 0 Å². The molecule has 23 heavy (non-hydrogen) atoms. The summed E-state index contributed by atoms with van der Waals surface area (Å²) in [5, 5.41) is 9.54. The third-order valence-corrected chi connectivity index (χ3v) is 5.17. The molecule has 8 nitrogen and oxygen atoms in total. The summed E-state index contributed by atoms with van der Waals surface area (Å²) in [6.45, 7) is 9.72. The Balaban J connectivity index is 1.43. The van der Waals surface area contributed by atoms with Crippen molar-refractivity contribution in [1.29, 1.82) is 0 Å². The van der Waals surface area contributed by atoms with Crippen molar-refractivity contribution in [1.82, 2.24) is 29.6 Å². The zero-order chi connectivity index (χ0) is 16.0. The van der Waals surface area contributed by atoms with E-state index in [4.69, 9.17) is 4.52 Å². The number of aromatic nitrogens is 5. The number of anilines is 1. The van der Waals surface area contributed by atoms with Crippen molar-refractivity contribution in [3.05, 3.63) is 23.6 Å². The summed E-state index contributed by atoms with van der Waals surface area (Å²) < 4.78 is 7.16. The molecule has 0 saturated carbocycles. The van der Waals surface area contributed by atoms with E-state index in [-0.39, 0.29) is 6.04 Å². The molecule has 1 unspecified atom stereocenters. The van der Waals surface area contributed by atoms with Crippen LogP contribution in [0.2, 0.25) is 0 Å². The van der Waals surface area contributed by atoms with Gasteiger partial charge in [-0.05, 0) is 20.8 Å². The van der Waals surface area contributed by atoms with Gasteiger partial charge in [0.1, 0.15) is 0 Å². The Morgan fingerprint density at radius 1 is 1.17 bits per heavy atom. The van der Waals surface area contributed by atoms with Crippen molar-refractivity contribution in [2.24, 2.45) is 0 Å². The van der Waals surface area contributed by atoms with Crippen LogP contribution in [-0.2, 0) is 0 Å². The first-order valence-electron chi connectivity index (χ1n) is 7.72. The molecule has 122 valence electrons. The minimum Gasteiger partial charge on any atom is -0.344 e. The van der Waals surface area contributed by atoms with Crippen LogP contribution in [0.4, 0.5) is 5.13 Å². The number of fused-ring (bicyclic) bond motifs is 1. The van der Waals surface area contributed by atoms with Crippen molar-refractivity contribution < 1.29 is 4.52 Å². The highest BCUT2D eigenvalue weighted by molar-refractivity contribution is 7.20. The van der Waals surface area contributed by atoms with E-state index < -0.39 is 0 Å². The maximum atomic E-state index is 5.29. The maximum absolute atomic E-state index is 5.29. The lowest BCUT2D eigenvalue weighted by Crippen LogP contribution is -2.47. The minimum absolute atomic E-state index is 0.148. The van der Waals surface area contributed by atoms with Crippen molar-refractivity contribution in [3.8, 4) is 0 Å². The number of piperazine rings is 1. The van der Waals surface area contributed by atoms with Crippen LogP contribution < -0.4 is 4.90 Å². The smallest absolute Gasteiger partial charge is 0.243 e. The van der Waals surface area contributed by atoms with Crippen LogP contribution >= 0.6 is 11.3 Å². The van der Waals surface area contributed by atoms with Gasteiger partial charge < -0.3 is 9.42 Å². The fraction of sp³-hybridized carbons (Fsp3) is 0.571. The molecule has 0 radical (unpaired) electrons. The van der Waals surface area contributed by atoms with Gasteiger partial charge in [-0.15, -0.1) is 5.10 Å². The Labute approximate surface area is 137 Å². The van der Waals surface area contributed by atoms with Gasteiger partial charge in [0, 0.05) is 26.2 Å². The van der Waals surface area contributed by atoms with Crippen molar-refractivity contribution in [2.75, 3.05) is 31.1 Å². The average Bonchev–Trinajstić information content (AvgIpc) is 3.21. The molecule has 0 aromatic carbocycles. The molecule has 4 rings (SSSR count). The molecule has 9 heteroatoms. The topological polar surface area (TPSA) is 75.6 Å². The van der Waals surface area contributed by atoms with Crippen LogP contribution in [0.1, 0.15) is 30.4 Å². The number of hydrogen-bond acceptors (Lipinski definition) is 8. The van der Waals surface area contributed by atoms with Crippen LogP contribution in [-0.4, -0.2) is 55.8 Å². The fourth-order valence-corrected chi connectivity index (χ4v) is 3.85. The summed E-state index contributed by atoms with van der Waals surface area (Å²) in [6, 6.07) is 0.148. The lowest BCUT2D eigenvalue weighted by molar-refractivity contribution is 0.164. The van der Waals surface area contributed by atoms with Gasteiger partial charge in [-0.25, -0.2) is 9.50 Å². The predicted octanol–water partition coefficient (Wildman–Crippen LogP) is 1.67. The van der Waals surface area contributed by atoms with Gasteiger partial charge in [-0.2, -0.15) is 4.98 Å². The lowest BCUT2D eigenvalue weighted by Gasteiger charge is -2.36. The first kappa shape index (κ1) is 14.6. The van der Waals surface area contributed by atoms with E-state index in [2.05, 4.69) is 36.9 Å². The van der Waals surface area contributed by atoms with Gasteiger partial charge in [-0.1, -0.05) is 16.5 Å². The number of aryl methyl sites for hydroxylation is 2. The highest BCUT2D eigenvalue weighted by atomic mass is 32.1. The van der Waals surface area contributed by atoms with Crippen LogP contribution in [0, 0.1) is 13.8 Å². The van der Waals surface area contributed by atoms with Crippen LogP contribution in [0.15, 0.2) is 10.7 Å². The molecule has 4 heterocycles. The quantitative estimate of drug-likeness (QED) is 0.721. The first-order valence-corrected chi connectivity index (χ1v) is 8.54. The monoisotopic (exact) mass is 333 g/mol. The molecule has 1 atom stereocenters. The predicted molar refractivity (Wildman–Crippen MR) is 86.8 cm³/mol. The summed E-state index contributed by atoms with van der Waals surface area (Å²) in [5.41, 5.74) is 1.00. The molecule has 0 amide bonds. The van der Waals surface area contributed by atoms with E-state index in [1.807, 2.05) is 24.6 Å². The highest BCUT2D eigenvalue weighted by Gasteiger charge is 2.26. The van der Waals surface area contributed by atoms with E-state index in [9.17, 15) is 0 Å². The van der Waals surface area contributed by atoms with Crippen molar-refractivity contribution in [2.45, 2.75) is 26.8 Å². The number of imidazole rings is 1. The number of hydrogen-bond donors (Lipinski definition) is 0. The molecule has 0 bridgehead atoms. The molecule has 0 spiro atoms. The third kappa shape index (κ3) is 2.70. The lowest BCUT2D eigenvalue weighted by atomic mass is 10.2. The van der Waals surface area contributed by atoms with Gasteiger partial charge >= 0.3 is 0 Å². The van der Waals surface area contributed by atoms with E-state index in [0.717, 1.165) is 42.0 Å². The first-order chi connectivity index (χ1) is 11.1. The van der Waals surface area contributed by atoms with Crippen LogP contribution in [0.25, 0.3) is 4.96 Å². The second-order valence-corrected chi connectivity index (χ2v) is 6.81. The Hall–Kier alpha value is -2.00. The van der Waals surface area contributed by atoms with Gasteiger partial charge in [-0.3, -0.25) is 4.90 Å². The fourth-order valence-electron chi connectivity index (χ4n) is 2.87. The second kappa shape index (κ2) is 5.57. The van der Waals surface area contributed by atoms with Gasteiger partial charge in [0.25, 0.3) is 0 Å². The summed E-state index contributed by atoms with van der Waals surface area (Å²) in [7, 11) is 0. The summed E-state index contributed by atoms with van der Waals surface area (Å²) in [4.78, 5) is 14.4. The molecular weight excluding hydrogens is 314 g/mol. The average molecular weight is 333 g/mol. The standard InChI is InChI=1S/C14H19N7OS/c1-9-8-21-13(15-9)23-14(17-21)20-6-4-19(5-7-20)10(2)12-16-11(3)18-22-12/h8,10H,4-7H2,1-3H3. The van der Waals surface area contributed by atoms with E-state index in [0.29, 0.717) is 11.7 Å². The van der Waals surface area contributed by atoms with Crippen molar-refractivity contribution >= 4 is 21.4 Å². The number of nitrogens with zero attached hydrogens (tertiary/aromatic N) is 7. The molecule has 3 aromatic heterocycles. The van der Waals surface area contributed by atoms with E-state index in [1.165, 1.54) is 0 Å². The van der Waals surface area contributed by atoms with Gasteiger partial charge in [0.2, 0.25) is 16.0 Å². The van der Waals surface area contributed by atoms with Gasteiger partial charge in [0.15, 0.2) is 5.82 Å². The molecule has 1 aliphatic heterocycles. The Bertz CT molecular complexity index is 783. The van der Waals surface area contributed by atoms with E-state index in [1.54, 1.807) is 11.3 Å². The zero-order valence-electron chi connectivity index (χ0n) is 13.4. The Morgan fingerprint density at radius 3 is 2.61 bits per heavy atom. The summed E-state index contributed by atoms with van der Waals surface area (Å²) in [5.74, 6) is 1.38. The molecule has 0 N–H and O–H groups in total. The third-order valence-electron chi connectivity index (χ3n) is 4.19. The Morgan fingerprint density at radius 2 is 1.96 bits per heavy atom.